The van der Waals surface area contributed by atoms with E-state index in [1.54, 1.807) is 12.5 Å². The van der Waals surface area contributed by atoms with Crippen LogP contribution in [0.15, 0.2) is 43.0 Å². The molecular weight excluding hydrogens is 292 g/mol. The molecule has 3 heterocycles. The van der Waals surface area contributed by atoms with E-state index < -0.39 is 5.91 Å². The average Bonchev–Trinajstić information content (AvgIpc) is 3.23. The Morgan fingerprint density at radius 1 is 1.26 bits per heavy atom. The van der Waals surface area contributed by atoms with E-state index in [2.05, 4.69) is 20.0 Å². The maximum atomic E-state index is 11.2. The summed E-state index contributed by atoms with van der Waals surface area (Å²) in [6, 6.07) is 8.20. The minimum Gasteiger partial charge on any atom is -0.366 e. The van der Waals surface area contributed by atoms with Crippen LogP contribution in [0, 0.1) is 0 Å². The molecule has 1 atom stereocenters. The number of rotatable bonds is 3. The van der Waals surface area contributed by atoms with Gasteiger partial charge < -0.3 is 10.6 Å². The topological polar surface area (TPSA) is 89.9 Å². The predicted octanol–water partition coefficient (Wildman–Crippen LogP) is 1.38. The Morgan fingerprint density at radius 2 is 2.13 bits per heavy atom. The van der Waals surface area contributed by atoms with E-state index in [-0.39, 0.29) is 6.04 Å². The van der Waals surface area contributed by atoms with Crippen LogP contribution < -0.4 is 10.6 Å². The fourth-order valence-electron chi connectivity index (χ4n) is 3.06. The highest BCUT2D eigenvalue weighted by atomic mass is 16.1. The third-order valence-electron chi connectivity index (χ3n) is 4.24. The molecule has 1 aliphatic rings. The Bertz CT molecular complexity index is 868. The molecular formula is C16H16N6O. The van der Waals surface area contributed by atoms with E-state index >= 15 is 0 Å². The van der Waals surface area contributed by atoms with Crippen molar-refractivity contribution in [2.75, 3.05) is 18.0 Å². The molecule has 1 fully saturated rings. The third kappa shape index (κ3) is 2.40. The predicted molar refractivity (Wildman–Crippen MR) is 86.1 cm³/mol. The molecule has 3 aromatic rings. The zero-order valence-corrected chi connectivity index (χ0v) is 12.5. The number of primary amides is 1. The van der Waals surface area contributed by atoms with Crippen molar-refractivity contribution >= 4 is 22.6 Å². The number of amides is 1. The van der Waals surface area contributed by atoms with Crippen molar-refractivity contribution in [3.8, 4) is 0 Å². The van der Waals surface area contributed by atoms with Crippen molar-refractivity contribution in [1.82, 2.24) is 19.7 Å². The summed E-state index contributed by atoms with van der Waals surface area (Å²) in [5, 5.41) is 5.32. The lowest BCUT2D eigenvalue weighted by Crippen LogP contribution is -2.22. The van der Waals surface area contributed by atoms with Gasteiger partial charge in [-0.15, -0.1) is 0 Å². The monoisotopic (exact) mass is 308 g/mol. The molecule has 0 bridgehead atoms. The lowest BCUT2D eigenvalue weighted by Gasteiger charge is -2.19. The first kappa shape index (κ1) is 13.7. The largest absolute Gasteiger partial charge is 0.366 e. The number of benzene rings is 1. The van der Waals surface area contributed by atoms with Gasteiger partial charge in [-0.1, -0.05) is 12.1 Å². The van der Waals surface area contributed by atoms with Crippen molar-refractivity contribution < 1.29 is 4.79 Å². The maximum absolute atomic E-state index is 11.2. The Kier molecular flexibility index (Phi) is 3.18. The number of hydrogen-bond acceptors (Lipinski definition) is 5. The van der Waals surface area contributed by atoms with Crippen molar-refractivity contribution in [2.24, 2.45) is 5.73 Å². The highest BCUT2D eigenvalue weighted by molar-refractivity contribution is 5.92. The Labute approximate surface area is 132 Å². The van der Waals surface area contributed by atoms with Gasteiger partial charge in [0.1, 0.15) is 12.1 Å². The Balaban J connectivity index is 1.61. The smallest absolute Gasteiger partial charge is 0.251 e. The van der Waals surface area contributed by atoms with Gasteiger partial charge in [0.05, 0.1) is 23.3 Å². The average molecular weight is 308 g/mol. The zero-order chi connectivity index (χ0) is 15.8. The number of carbonyl (C=O) groups is 1. The van der Waals surface area contributed by atoms with Crippen molar-refractivity contribution in [3.63, 3.8) is 0 Å². The van der Waals surface area contributed by atoms with Gasteiger partial charge in [-0.3, -0.25) is 9.48 Å². The molecule has 1 aliphatic heterocycles. The highest BCUT2D eigenvalue weighted by Crippen LogP contribution is 2.29. The van der Waals surface area contributed by atoms with Crippen LogP contribution >= 0.6 is 0 Å². The first-order chi connectivity index (χ1) is 11.2. The second-order valence-corrected chi connectivity index (χ2v) is 5.68. The summed E-state index contributed by atoms with van der Waals surface area (Å²) in [7, 11) is 0. The summed E-state index contributed by atoms with van der Waals surface area (Å²) in [6.07, 6.45) is 5.78. The van der Waals surface area contributed by atoms with E-state index in [1.165, 1.54) is 6.20 Å². The van der Waals surface area contributed by atoms with Gasteiger partial charge in [-0.2, -0.15) is 5.10 Å². The van der Waals surface area contributed by atoms with Crippen LogP contribution in [0.4, 0.5) is 5.82 Å². The number of nitrogens with two attached hydrogens (primary N) is 1. The van der Waals surface area contributed by atoms with Gasteiger partial charge in [0.25, 0.3) is 5.91 Å². The molecule has 23 heavy (non-hydrogen) atoms. The zero-order valence-electron chi connectivity index (χ0n) is 12.5. The van der Waals surface area contributed by atoms with Gasteiger partial charge >= 0.3 is 0 Å². The number of fused-ring (bicyclic) bond motifs is 1. The summed E-state index contributed by atoms with van der Waals surface area (Å²) in [6.45, 7) is 1.68. The number of para-hydroxylation sites is 1. The normalized spacial score (nSPS) is 17.7. The number of carbonyl (C=O) groups excluding carboxylic acids is 1. The summed E-state index contributed by atoms with van der Waals surface area (Å²) in [4.78, 5) is 22.2. The van der Waals surface area contributed by atoms with E-state index in [4.69, 9.17) is 5.73 Å². The number of anilines is 1. The molecule has 2 aromatic heterocycles. The molecule has 116 valence electrons. The fraction of sp³-hybridized carbons (Fsp3) is 0.250. The van der Waals surface area contributed by atoms with Crippen LogP contribution in [0.25, 0.3) is 10.9 Å². The van der Waals surface area contributed by atoms with Gasteiger partial charge in [0.2, 0.25) is 0 Å². The first-order valence-corrected chi connectivity index (χ1v) is 7.51. The van der Waals surface area contributed by atoms with Crippen molar-refractivity contribution in [1.29, 1.82) is 0 Å². The Hall–Kier alpha value is -2.96. The molecule has 0 saturated carbocycles. The molecule has 2 N–H and O–H groups in total. The second-order valence-electron chi connectivity index (χ2n) is 5.68. The molecule has 1 unspecified atom stereocenters. The highest BCUT2D eigenvalue weighted by Gasteiger charge is 2.26. The molecule has 4 rings (SSSR count). The molecule has 1 saturated heterocycles. The molecule has 0 spiro atoms. The van der Waals surface area contributed by atoms with E-state index in [1.807, 2.05) is 28.9 Å². The fourth-order valence-corrected chi connectivity index (χ4v) is 3.06. The van der Waals surface area contributed by atoms with Crippen LogP contribution in [-0.4, -0.2) is 38.7 Å². The van der Waals surface area contributed by atoms with Crippen molar-refractivity contribution in [2.45, 2.75) is 12.5 Å². The van der Waals surface area contributed by atoms with Gasteiger partial charge in [-0.25, -0.2) is 9.97 Å². The van der Waals surface area contributed by atoms with Crippen LogP contribution in [0.2, 0.25) is 0 Å². The summed E-state index contributed by atoms with van der Waals surface area (Å²) in [5.41, 5.74) is 6.67. The summed E-state index contributed by atoms with van der Waals surface area (Å²) < 4.78 is 1.82. The van der Waals surface area contributed by atoms with Crippen LogP contribution in [0.3, 0.4) is 0 Å². The minimum absolute atomic E-state index is 0.205. The Morgan fingerprint density at radius 3 is 2.96 bits per heavy atom. The lowest BCUT2D eigenvalue weighted by molar-refractivity contribution is 0.1000. The van der Waals surface area contributed by atoms with Crippen LogP contribution in [-0.2, 0) is 0 Å². The number of nitrogens with zero attached hydrogens (tertiary/aromatic N) is 5. The molecule has 0 aliphatic carbocycles. The molecule has 1 amide bonds. The van der Waals surface area contributed by atoms with Gasteiger partial charge in [0, 0.05) is 24.7 Å². The molecule has 1 aromatic carbocycles. The van der Waals surface area contributed by atoms with Crippen LogP contribution in [0.1, 0.15) is 22.8 Å². The molecule has 7 heteroatoms. The number of aromatic nitrogens is 4. The third-order valence-corrected chi connectivity index (χ3v) is 4.24. The van der Waals surface area contributed by atoms with E-state index in [0.717, 1.165) is 36.2 Å². The second kappa shape index (κ2) is 5.35. The quantitative estimate of drug-likeness (QED) is 0.789. The molecule has 7 nitrogen and oxygen atoms in total. The standard InChI is InChI=1S/C16H16N6O/c17-15(23)11-7-20-22(8-11)12-5-6-21(9-12)16-13-3-1-2-4-14(13)18-10-19-16/h1-4,7-8,10,12H,5-6,9H2,(H2,17,23). The SMILES string of the molecule is NC(=O)c1cnn(C2CCN(c3ncnc4ccccc34)C2)c1. The van der Waals surface area contributed by atoms with E-state index in [0.29, 0.717) is 5.56 Å². The minimum atomic E-state index is -0.451. The van der Waals surface area contributed by atoms with Crippen LogP contribution in [0.5, 0.6) is 0 Å². The maximum Gasteiger partial charge on any atom is 0.251 e. The lowest BCUT2D eigenvalue weighted by atomic mass is 10.2. The summed E-state index contributed by atoms with van der Waals surface area (Å²) >= 11 is 0. The number of hydrogen-bond donors (Lipinski definition) is 1. The van der Waals surface area contributed by atoms with E-state index in [9.17, 15) is 4.79 Å². The summed E-state index contributed by atoms with van der Waals surface area (Å²) in [5.74, 6) is 0.494. The van der Waals surface area contributed by atoms with Gasteiger partial charge in [-0.05, 0) is 18.6 Å². The molecule has 0 radical (unpaired) electrons. The first-order valence-electron chi connectivity index (χ1n) is 7.51. The van der Waals surface area contributed by atoms with Crippen molar-refractivity contribution in [3.05, 3.63) is 48.5 Å². The van der Waals surface area contributed by atoms with Gasteiger partial charge in [0.15, 0.2) is 0 Å².